The molecule has 2 N–H and O–H groups in total. The van der Waals surface area contributed by atoms with Crippen LogP contribution < -0.4 is 4.72 Å². The average molecular weight is 431 g/mol. The number of hydrogen-bond donors (Lipinski definition) is 2. The van der Waals surface area contributed by atoms with Crippen molar-refractivity contribution in [1.82, 2.24) is 9.97 Å². The van der Waals surface area contributed by atoms with Crippen molar-refractivity contribution in [2.45, 2.75) is 19.5 Å². The Morgan fingerprint density at radius 2 is 2.00 bits per heavy atom. The molecular formula is C18H14F5N3O2S. The van der Waals surface area contributed by atoms with E-state index in [1.165, 1.54) is 6.20 Å². The molecule has 29 heavy (non-hydrogen) atoms. The van der Waals surface area contributed by atoms with Crippen LogP contribution in [-0.4, -0.2) is 31.9 Å². The number of ketones is 1. The van der Waals surface area contributed by atoms with Crippen LogP contribution in [0.15, 0.2) is 30.6 Å². The lowest BCUT2D eigenvalue weighted by Gasteiger charge is -2.11. The number of benzene rings is 1. The van der Waals surface area contributed by atoms with Crippen molar-refractivity contribution in [2.75, 3.05) is 10.5 Å². The van der Waals surface area contributed by atoms with E-state index >= 15 is 0 Å². The summed E-state index contributed by atoms with van der Waals surface area (Å²) in [6.07, 6.45) is -3.06. The van der Waals surface area contributed by atoms with E-state index < -0.39 is 58.0 Å². The summed E-state index contributed by atoms with van der Waals surface area (Å²) >= 11 is 0. The molecule has 0 fully saturated rings. The molecule has 154 valence electrons. The number of pyridine rings is 1. The van der Waals surface area contributed by atoms with Gasteiger partial charge in [-0.05, 0) is 30.7 Å². The molecule has 0 saturated carbocycles. The minimum absolute atomic E-state index is 0.0238. The van der Waals surface area contributed by atoms with Crippen LogP contribution in [0.2, 0.25) is 0 Å². The van der Waals surface area contributed by atoms with Crippen LogP contribution in [-0.2, 0) is 11.0 Å². The van der Waals surface area contributed by atoms with E-state index in [0.717, 1.165) is 17.7 Å². The van der Waals surface area contributed by atoms with Gasteiger partial charge in [-0.2, -0.15) is 13.2 Å². The fourth-order valence-electron chi connectivity index (χ4n) is 2.65. The van der Waals surface area contributed by atoms with E-state index in [0.29, 0.717) is 11.0 Å². The van der Waals surface area contributed by atoms with Gasteiger partial charge in [0.15, 0.2) is 5.82 Å². The highest BCUT2D eigenvalue weighted by Gasteiger charge is 2.28. The molecule has 0 radical (unpaired) electrons. The molecule has 2 aromatic heterocycles. The molecule has 3 aromatic rings. The van der Waals surface area contributed by atoms with Crippen LogP contribution >= 0.6 is 0 Å². The van der Waals surface area contributed by atoms with Crippen molar-refractivity contribution in [3.05, 3.63) is 58.9 Å². The molecule has 2 heterocycles. The molecule has 1 unspecified atom stereocenters. The summed E-state index contributed by atoms with van der Waals surface area (Å²) < 4.78 is 79.5. The minimum Gasteiger partial charge on any atom is -0.345 e. The van der Waals surface area contributed by atoms with Crippen LogP contribution in [0.3, 0.4) is 0 Å². The first-order valence-electron chi connectivity index (χ1n) is 8.25. The zero-order valence-corrected chi connectivity index (χ0v) is 15.7. The fraction of sp³-hybridized carbons (Fsp3) is 0.222. The van der Waals surface area contributed by atoms with Crippen molar-refractivity contribution < 1.29 is 31.0 Å². The third kappa shape index (κ3) is 4.61. The zero-order chi connectivity index (χ0) is 21.3. The normalized spacial score (nSPS) is 12.9. The van der Waals surface area contributed by atoms with Crippen molar-refractivity contribution in [1.29, 1.82) is 0 Å². The molecule has 0 amide bonds. The average Bonchev–Trinajstić information content (AvgIpc) is 3.05. The number of hydrogen-bond acceptors (Lipinski definition) is 3. The van der Waals surface area contributed by atoms with Gasteiger partial charge in [0.1, 0.15) is 22.5 Å². The molecule has 5 nitrogen and oxygen atoms in total. The second-order valence-electron chi connectivity index (χ2n) is 6.24. The van der Waals surface area contributed by atoms with Gasteiger partial charge in [-0.3, -0.25) is 4.79 Å². The number of anilines is 1. The number of nitrogens with zero attached hydrogens (tertiary/aromatic N) is 1. The van der Waals surface area contributed by atoms with Crippen LogP contribution in [0.5, 0.6) is 0 Å². The molecule has 11 heteroatoms. The predicted octanol–water partition coefficient (Wildman–Crippen LogP) is 4.41. The van der Waals surface area contributed by atoms with Gasteiger partial charge in [0.2, 0.25) is 5.78 Å². The summed E-state index contributed by atoms with van der Waals surface area (Å²) in [5.41, 5.74) is -0.399. The zero-order valence-electron chi connectivity index (χ0n) is 14.9. The van der Waals surface area contributed by atoms with Crippen LogP contribution in [0.1, 0.15) is 27.9 Å². The van der Waals surface area contributed by atoms with Crippen molar-refractivity contribution in [3.63, 3.8) is 0 Å². The lowest BCUT2D eigenvalue weighted by atomic mass is 10.0. The van der Waals surface area contributed by atoms with Gasteiger partial charge >= 0.3 is 6.18 Å². The first-order chi connectivity index (χ1) is 13.6. The Labute approximate surface area is 163 Å². The standard InChI is InChI=1S/C18H14F5N3O2S/c1-9-6-10-11(8-25-17(10)24-7-9)16(27)14-12(19)2-3-13(15(14)20)26-29(28)5-4-18(21,22)23/h2-3,6-8,26H,4-5H2,1H3,(H,24,25). The Morgan fingerprint density at radius 3 is 2.69 bits per heavy atom. The number of H-pyrrole nitrogens is 1. The summed E-state index contributed by atoms with van der Waals surface area (Å²) in [7, 11) is -2.28. The minimum atomic E-state index is -4.53. The first-order valence-corrected chi connectivity index (χ1v) is 9.57. The molecule has 0 spiro atoms. The van der Waals surface area contributed by atoms with Crippen LogP contribution in [0.4, 0.5) is 27.6 Å². The number of aromatic amines is 1. The molecule has 0 aliphatic carbocycles. The Balaban J connectivity index is 1.93. The van der Waals surface area contributed by atoms with E-state index in [2.05, 4.69) is 14.7 Å². The number of nitrogens with one attached hydrogen (secondary N) is 2. The quantitative estimate of drug-likeness (QED) is 0.449. The molecule has 0 bridgehead atoms. The summed E-state index contributed by atoms with van der Waals surface area (Å²) in [5.74, 6) is -4.31. The van der Waals surface area contributed by atoms with Gasteiger partial charge < -0.3 is 9.71 Å². The number of carbonyl (C=O) groups excluding carboxylic acids is 1. The Kier molecular flexibility index (Phi) is 5.69. The predicted molar refractivity (Wildman–Crippen MR) is 97.9 cm³/mol. The molecule has 0 aliphatic rings. The Bertz CT molecular complexity index is 1110. The lowest BCUT2D eigenvalue weighted by molar-refractivity contribution is -0.129. The number of carbonyl (C=O) groups is 1. The van der Waals surface area contributed by atoms with E-state index in [1.54, 1.807) is 19.2 Å². The maximum atomic E-state index is 14.8. The third-order valence-electron chi connectivity index (χ3n) is 4.03. The van der Waals surface area contributed by atoms with Crippen molar-refractivity contribution >= 4 is 33.5 Å². The largest absolute Gasteiger partial charge is 0.390 e. The highest BCUT2D eigenvalue weighted by atomic mass is 32.2. The second-order valence-corrected chi connectivity index (χ2v) is 7.54. The highest BCUT2D eigenvalue weighted by molar-refractivity contribution is 7.86. The Hall–Kier alpha value is -2.82. The fourth-order valence-corrected chi connectivity index (χ4v) is 3.57. The van der Waals surface area contributed by atoms with Gasteiger partial charge in [-0.15, -0.1) is 0 Å². The van der Waals surface area contributed by atoms with Crippen molar-refractivity contribution in [2.24, 2.45) is 0 Å². The number of aromatic nitrogens is 2. The van der Waals surface area contributed by atoms with Crippen LogP contribution in [0, 0.1) is 18.6 Å². The topological polar surface area (TPSA) is 74.8 Å². The SMILES string of the molecule is Cc1cnc2[nH]cc(C(=O)c3c(F)ccc(NS(=O)CCC(F)(F)F)c3F)c2c1. The lowest BCUT2D eigenvalue weighted by Crippen LogP contribution is -2.18. The molecular weight excluding hydrogens is 417 g/mol. The van der Waals surface area contributed by atoms with Gasteiger partial charge in [0.25, 0.3) is 0 Å². The monoisotopic (exact) mass is 431 g/mol. The highest BCUT2D eigenvalue weighted by Crippen LogP contribution is 2.28. The van der Waals surface area contributed by atoms with Gasteiger partial charge in [-0.25, -0.2) is 18.0 Å². The van der Waals surface area contributed by atoms with E-state index in [4.69, 9.17) is 0 Å². The molecule has 1 atom stereocenters. The van der Waals surface area contributed by atoms with E-state index in [-0.39, 0.29) is 5.56 Å². The Morgan fingerprint density at radius 1 is 1.28 bits per heavy atom. The number of alkyl halides is 3. The summed E-state index contributed by atoms with van der Waals surface area (Å²) in [6, 6.07) is 3.27. The van der Waals surface area contributed by atoms with Crippen molar-refractivity contribution in [3.8, 4) is 0 Å². The molecule has 3 rings (SSSR count). The summed E-state index contributed by atoms with van der Waals surface area (Å²) in [6.45, 7) is 1.73. The smallest absolute Gasteiger partial charge is 0.345 e. The first kappa shape index (κ1) is 20.9. The van der Waals surface area contributed by atoms with Crippen LogP contribution in [0.25, 0.3) is 11.0 Å². The maximum absolute atomic E-state index is 14.8. The number of halogens is 5. The summed E-state index contributed by atoms with van der Waals surface area (Å²) in [5, 5.41) is 0.362. The van der Waals surface area contributed by atoms with E-state index in [9.17, 15) is 31.0 Å². The van der Waals surface area contributed by atoms with Gasteiger partial charge in [0.05, 0.1) is 23.4 Å². The third-order valence-corrected chi connectivity index (χ3v) is 5.05. The number of rotatable bonds is 6. The molecule has 0 saturated heterocycles. The maximum Gasteiger partial charge on any atom is 0.390 e. The molecule has 0 aliphatic heterocycles. The van der Waals surface area contributed by atoms with E-state index in [1.807, 2.05) is 0 Å². The number of fused-ring (bicyclic) bond motifs is 1. The second kappa shape index (κ2) is 7.90. The molecule has 1 aromatic carbocycles. The van der Waals surface area contributed by atoms with Gasteiger partial charge in [-0.1, -0.05) is 0 Å². The summed E-state index contributed by atoms with van der Waals surface area (Å²) in [4.78, 5) is 19.6. The number of aryl methyl sites for hydroxylation is 1. The van der Waals surface area contributed by atoms with Gasteiger partial charge in [0, 0.05) is 23.3 Å².